The van der Waals surface area contributed by atoms with Crippen LogP contribution in [0.15, 0.2) is 53.2 Å². The van der Waals surface area contributed by atoms with Gasteiger partial charge in [0.2, 0.25) is 17.6 Å². The van der Waals surface area contributed by atoms with Crippen LogP contribution in [-0.2, 0) is 17.5 Å². The Labute approximate surface area is 158 Å². The Morgan fingerprint density at radius 3 is 2.61 bits per heavy atom. The van der Waals surface area contributed by atoms with Crippen LogP contribution in [0, 0.1) is 0 Å². The molecule has 2 aromatic heterocycles. The lowest BCUT2D eigenvalue weighted by molar-refractivity contribution is -0.137. The molecule has 6 nitrogen and oxygen atoms in total. The zero-order chi connectivity index (χ0) is 19.7. The van der Waals surface area contributed by atoms with Crippen LogP contribution < -0.4 is 0 Å². The van der Waals surface area contributed by atoms with E-state index in [-0.39, 0.29) is 24.8 Å². The van der Waals surface area contributed by atoms with Crippen molar-refractivity contribution in [2.24, 2.45) is 0 Å². The molecule has 1 saturated heterocycles. The molecule has 0 aliphatic carbocycles. The van der Waals surface area contributed by atoms with Crippen molar-refractivity contribution >= 4 is 5.91 Å². The molecule has 0 spiro atoms. The Bertz CT molecular complexity index is 971. The van der Waals surface area contributed by atoms with Crippen molar-refractivity contribution in [1.82, 2.24) is 20.0 Å². The van der Waals surface area contributed by atoms with Crippen molar-refractivity contribution in [1.29, 1.82) is 0 Å². The first-order valence-electron chi connectivity index (χ1n) is 8.59. The lowest BCUT2D eigenvalue weighted by atomic mass is 10.1. The second kappa shape index (κ2) is 7.06. The van der Waals surface area contributed by atoms with Gasteiger partial charge in [0.05, 0.1) is 11.5 Å². The molecule has 1 aliphatic heterocycles. The van der Waals surface area contributed by atoms with E-state index in [1.807, 2.05) is 6.07 Å². The molecule has 1 amide bonds. The van der Waals surface area contributed by atoms with E-state index in [4.69, 9.17) is 4.52 Å². The van der Waals surface area contributed by atoms with Gasteiger partial charge in [-0.05, 0) is 29.8 Å². The summed E-state index contributed by atoms with van der Waals surface area (Å²) in [6.07, 6.45) is -2.54. The summed E-state index contributed by atoms with van der Waals surface area (Å²) in [4.78, 5) is 22.4. The summed E-state index contributed by atoms with van der Waals surface area (Å²) in [6.45, 7) is 0.596. The number of hydrogen-bond donors (Lipinski definition) is 0. The Kier molecular flexibility index (Phi) is 4.58. The van der Waals surface area contributed by atoms with E-state index in [0.29, 0.717) is 29.5 Å². The van der Waals surface area contributed by atoms with Gasteiger partial charge in [-0.15, -0.1) is 0 Å². The minimum atomic E-state index is -4.38. The molecule has 1 fully saturated rings. The fourth-order valence-corrected chi connectivity index (χ4v) is 3.11. The van der Waals surface area contributed by atoms with E-state index in [1.54, 1.807) is 23.2 Å². The fourth-order valence-electron chi connectivity index (χ4n) is 3.11. The summed E-state index contributed by atoms with van der Waals surface area (Å²) in [6, 6.07) is 10.1. The maximum absolute atomic E-state index is 12.7. The van der Waals surface area contributed by atoms with Crippen LogP contribution in [0.5, 0.6) is 0 Å². The van der Waals surface area contributed by atoms with Crippen molar-refractivity contribution < 1.29 is 22.5 Å². The molecular weight excluding hydrogens is 373 g/mol. The van der Waals surface area contributed by atoms with E-state index in [2.05, 4.69) is 15.1 Å². The number of amides is 1. The third-order valence-corrected chi connectivity index (χ3v) is 4.55. The molecule has 0 N–H and O–H groups in total. The SMILES string of the molecule is O=C1CC(c2nc(-c3ccccn3)no2)CN1Cc1ccc(C(F)(F)F)cc1. The molecule has 144 valence electrons. The van der Waals surface area contributed by atoms with Crippen molar-refractivity contribution in [3.63, 3.8) is 0 Å². The van der Waals surface area contributed by atoms with Crippen molar-refractivity contribution in [2.45, 2.75) is 25.1 Å². The topological polar surface area (TPSA) is 72.1 Å². The standard InChI is InChI=1S/C19H15F3N4O2/c20-19(21,22)14-6-4-12(5-7-14)10-26-11-13(9-16(26)27)18-24-17(25-28-18)15-3-1-2-8-23-15/h1-8,13H,9-11H2. The first-order valence-corrected chi connectivity index (χ1v) is 8.59. The van der Waals surface area contributed by atoms with Gasteiger partial charge >= 0.3 is 6.18 Å². The van der Waals surface area contributed by atoms with Crippen LogP contribution in [0.4, 0.5) is 13.2 Å². The van der Waals surface area contributed by atoms with Crippen molar-refractivity contribution in [3.8, 4) is 11.5 Å². The normalized spacial score (nSPS) is 17.3. The predicted molar refractivity (Wildman–Crippen MR) is 91.7 cm³/mol. The molecule has 1 atom stereocenters. The number of alkyl halides is 3. The van der Waals surface area contributed by atoms with Gasteiger partial charge < -0.3 is 9.42 Å². The minimum absolute atomic E-state index is 0.109. The van der Waals surface area contributed by atoms with E-state index >= 15 is 0 Å². The lowest BCUT2D eigenvalue weighted by Gasteiger charge is -2.16. The predicted octanol–water partition coefficient (Wildman–Crippen LogP) is 3.67. The van der Waals surface area contributed by atoms with Gasteiger partial charge in [0.25, 0.3) is 0 Å². The summed E-state index contributed by atoms with van der Waals surface area (Å²) in [7, 11) is 0. The second-order valence-corrected chi connectivity index (χ2v) is 6.54. The average Bonchev–Trinajstić information content (AvgIpc) is 3.30. The van der Waals surface area contributed by atoms with Gasteiger partial charge in [0, 0.05) is 25.7 Å². The van der Waals surface area contributed by atoms with Crippen LogP contribution in [-0.4, -0.2) is 32.5 Å². The highest BCUT2D eigenvalue weighted by Gasteiger charge is 2.35. The summed E-state index contributed by atoms with van der Waals surface area (Å²) in [5.74, 6) is 0.336. The zero-order valence-corrected chi connectivity index (χ0v) is 14.6. The highest BCUT2D eigenvalue weighted by Crippen LogP contribution is 2.31. The fraction of sp³-hybridized carbons (Fsp3) is 0.263. The van der Waals surface area contributed by atoms with Gasteiger partial charge in [-0.1, -0.05) is 23.4 Å². The van der Waals surface area contributed by atoms with E-state index in [1.165, 1.54) is 12.1 Å². The maximum Gasteiger partial charge on any atom is 0.416 e. The zero-order valence-electron chi connectivity index (χ0n) is 14.6. The quantitative estimate of drug-likeness (QED) is 0.682. The molecular formula is C19H15F3N4O2. The molecule has 1 unspecified atom stereocenters. The molecule has 0 bridgehead atoms. The van der Waals surface area contributed by atoms with Crippen molar-refractivity contribution in [2.75, 3.05) is 6.54 Å². The molecule has 3 heterocycles. The van der Waals surface area contributed by atoms with Crippen LogP contribution in [0.2, 0.25) is 0 Å². The Morgan fingerprint density at radius 1 is 1.14 bits per heavy atom. The molecule has 0 saturated carbocycles. The number of halogens is 3. The molecule has 9 heteroatoms. The first kappa shape index (κ1) is 18.1. The molecule has 3 aromatic rings. The minimum Gasteiger partial charge on any atom is -0.339 e. The van der Waals surface area contributed by atoms with Gasteiger partial charge in [-0.3, -0.25) is 9.78 Å². The highest BCUT2D eigenvalue weighted by molar-refractivity contribution is 5.79. The number of aromatic nitrogens is 3. The van der Waals surface area contributed by atoms with Crippen LogP contribution >= 0.6 is 0 Å². The molecule has 4 rings (SSSR count). The number of carbonyl (C=O) groups excluding carboxylic acids is 1. The summed E-state index contributed by atoms with van der Waals surface area (Å²) < 4.78 is 43.3. The van der Waals surface area contributed by atoms with Crippen molar-refractivity contribution in [3.05, 3.63) is 65.7 Å². The Morgan fingerprint density at radius 2 is 1.93 bits per heavy atom. The smallest absolute Gasteiger partial charge is 0.339 e. The Hall–Kier alpha value is -3.23. The number of likely N-dealkylation sites (tertiary alicyclic amines) is 1. The summed E-state index contributed by atoms with van der Waals surface area (Å²) in [5.41, 5.74) is 0.486. The molecule has 1 aromatic carbocycles. The average molecular weight is 388 g/mol. The maximum atomic E-state index is 12.7. The van der Waals surface area contributed by atoms with Crippen LogP contribution in [0.3, 0.4) is 0 Å². The monoisotopic (exact) mass is 388 g/mol. The van der Waals surface area contributed by atoms with Gasteiger partial charge in [0.15, 0.2) is 0 Å². The first-order chi connectivity index (χ1) is 13.4. The van der Waals surface area contributed by atoms with Crippen LogP contribution in [0.25, 0.3) is 11.5 Å². The van der Waals surface area contributed by atoms with Gasteiger partial charge in [-0.25, -0.2) is 0 Å². The van der Waals surface area contributed by atoms with E-state index < -0.39 is 11.7 Å². The second-order valence-electron chi connectivity index (χ2n) is 6.54. The Balaban J connectivity index is 1.44. The third-order valence-electron chi connectivity index (χ3n) is 4.55. The van der Waals surface area contributed by atoms with Crippen LogP contribution in [0.1, 0.15) is 29.4 Å². The molecule has 1 aliphatic rings. The largest absolute Gasteiger partial charge is 0.416 e. The molecule has 0 radical (unpaired) electrons. The highest BCUT2D eigenvalue weighted by atomic mass is 19.4. The summed E-state index contributed by atoms with van der Waals surface area (Å²) in [5, 5.41) is 3.91. The van der Waals surface area contributed by atoms with E-state index in [0.717, 1.165) is 12.1 Å². The lowest BCUT2D eigenvalue weighted by Crippen LogP contribution is -2.24. The van der Waals surface area contributed by atoms with E-state index in [9.17, 15) is 18.0 Å². The molecule has 28 heavy (non-hydrogen) atoms. The van der Waals surface area contributed by atoms with Gasteiger partial charge in [0.1, 0.15) is 5.69 Å². The number of pyridine rings is 1. The number of nitrogens with zero attached hydrogens (tertiary/aromatic N) is 4. The number of benzene rings is 1. The third kappa shape index (κ3) is 3.73. The summed E-state index contributed by atoms with van der Waals surface area (Å²) >= 11 is 0. The number of hydrogen-bond acceptors (Lipinski definition) is 5. The number of carbonyl (C=O) groups is 1. The van der Waals surface area contributed by atoms with Gasteiger partial charge in [-0.2, -0.15) is 18.2 Å². The number of rotatable bonds is 4.